The van der Waals surface area contributed by atoms with E-state index in [2.05, 4.69) is 19.9 Å². The van der Waals surface area contributed by atoms with Crippen LogP contribution in [0.5, 0.6) is 0 Å². The molecule has 0 aliphatic carbocycles. The van der Waals surface area contributed by atoms with Crippen molar-refractivity contribution in [2.45, 2.75) is 33.8 Å². The maximum Gasteiger partial charge on any atom is 0.0984 e. The van der Waals surface area contributed by atoms with Crippen LogP contribution in [0.25, 0.3) is 0 Å². The van der Waals surface area contributed by atoms with E-state index in [-0.39, 0.29) is 0 Å². The Balaban J connectivity index is 2.94. The number of allylic oxidation sites excluding steroid dienone is 1. The predicted octanol–water partition coefficient (Wildman–Crippen LogP) is 3.36. The Labute approximate surface area is 83.7 Å². The van der Waals surface area contributed by atoms with E-state index in [9.17, 15) is 5.11 Å². The number of aryl methyl sites for hydroxylation is 2. The molecule has 0 saturated carbocycles. The molecule has 0 amide bonds. The standard InChI is InChI=1S/C11H16OS/c1-7(2)5-11(12)10-6-8(3)13-9(10)4/h5-6,11-12H,1-4H3. The Hall–Kier alpha value is -0.600. The average Bonchev–Trinajstić information content (AvgIpc) is 2.28. The van der Waals surface area contributed by atoms with E-state index < -0.39 is 6.10 Å². The largest absolute Gasteiger partial charge is 0.384 e. The molecule has 0 bridgehead atoms. The molecule has 1 aromatic heterocycles. The molecule has 72 valence electrons. The number of hydrogen-bond acceptors (Lipinski definition) is 2. The summed E-state index contributed by atoms with van der Waals surface area (Å²) in [6.45, 7) is 8.11. The van der Waals surface area contributed by atoms with Crippen LogP contribution in [-0.4, -0.2) is 5.11 Å². The van der Waals surface area contributed by atoms with Gasteiger partial charge in [-0.25, -0.2) is 0 Å². The fourth-order valence-electron chi connectivity index (χ4n) is 1.35. The topological polar surface area (TPSA) is 20.2 Å². The van der Waals surface area contributed by atoms with Gasteiger partial charge in [0.25, 0.3) is 0 Å². The van der Waals surface area contributed by atoms with E-state index in [4.69, 9.17) is 0 Å². The van der Waals surface area contributed by atoms with Crippen molar-refractivity contribution in [3.8, 4) is 0 Å². The molecule has 1 heterocycles. The van der Waals surface area contributed by atoms with Gasteiger partial charge in [-0.2, -0.15) is 0 Å². The van der Waals surface area contributed by atoms with Crippen molar-refractivity contribution in [2.75, 3.05) is 0 Å². The average molecular weight is 196 g/mol. The minimum Gasteiger partial charge on any atom is -0.384 e. The minimum atomic E-state index is -0.435. The molecule has 2 heteroatoms. The molecule has 0 saturated heterocycles. The van der Waals surface area contributed by atoms with Crippen LogP contribution in [0.15, 0.2) is 17.7 Å². The zero-order chi connectivity index (χ0) is 10.0. The van der Waals surface area contributed by atoms with Crippen molar-refractivity contribution in [3.05, 3.63) is 33.0 Å². The molecule has 0 fully saturated rings. The van der Waals surface area contributed by atoms with Gasteiger partial charge in [0.2, 0.25) is 0 Å². The van der Waals surface area contributed by atoms with E-state index in [1.807, 2.05) is 19.9 Å². The molecule has 13 heavy (non-hydrogen) atoms. The number of hydrogen-bond donors (Lipinski definition) is 1. The fraction of sp³-hybridized carbons (Fsp3) is 0.455. The van der Waals surface area contributed by atoms with Gasteiger partial charge < -0.3 is 5.11 Å². The quantitative estimate of drug-likeness (QED) is 0.719. The maximum absolute atomic E-state index is 9.82. The SMILES string of the molecule is CC(C)=CC(O)c1cc(C)sc1C. The van der Waals surface area contributed by atoms with Crippen LogP contribution in [0.3, 0.4) is 0 Å². The second kappa shape index (κ2) is 4.07. The van der Waals surface area contributed by atoms with Gasteiger partial charge in [0.1, 0.15) is 0 Å². The highest BCUT2D eigenvalue weighted by molar-refractivity contribution is 7.12. The lowest BCUT2D eigenvalue weighted by Crippen LogP contribution is -1.93. The molecule has 1 nitrogen and oxygen atoms in total. The van der Waals surface area contributed by atoms with Gasteiger partial charge in [-0.3, -0.25) is 0 Å². The third kappa shape index (κ3) is 2.68. The first-order valence-corrected chi connectivity index (χ1v) is 5.22. The third-order valence-electron chi connectivity index (χ3n) is 1.89. The lowest BCUT2D eigenvalue weighted by Gasteiger charge is -2.05. The van der Waals surface area contributed by atoms with Gasteiger partial charge in [-0.15, -0.1) is 11.3 Å². The van der Waals surface area contributed by atoms with Gasteiger partial charge >= 0.3 is 0 Å². The number of aliphatic hydroxyl groups is 1. The van der Waals surface area contributed by atoms with E-state index in [0.717, 1.165) is 11.1 Å². The summed E-state index contributed by atoms with van der Waals surface area (Å²) < 4.78 is 0. The Kier molecular flexibility index (Phi) is 3.28. The predicted molar refractivity (Wildman–Crippen MR) is 58.2 cm³/mol. The fourth-order valence-corrected chi connectivity index (χ4v) is 2.32. The van der Waals surface area contributed by atoms with Crippen molar-refractivity contribution < 1.29 is 5.11 Å². The van der Waals surface area contributed by atoms with Crippen LogP contribution >= 0.6 is 11.3 Å². The lowest BCUT2D eigenvalue weighted by molar-refractivity contribution is 0.227. The van der Waals surface area contributed by atoms with E-state index in [1.54, 1.807) is 11.3 Å². The second-order valence-corrected chi connectivity index (χ2v) is 5.02. The zero-order valence-corrected chi connectivity index (χ0v) is 9.40. The maximum atomic E-state index is 9.82. The van der Waals surface area contributed by atoms with Gasteiger partial charge in [-0.1, -0.05) is 11.6 Å². The number of thiophene rings is 1. The third-order valence-corrected chi connectivity index (χ3v) is 2.87. The van der Waals surface area contributed by atoms with Crippen LogP contribution < -0.4 is 0 Å². The Bertz CT molecular complexity index is 319. The minimum absolute atomic E-state index is 0.435. The first kappa shape index (κ1) is 10.5. The van der Waals surface area contributed by atoms with Crippen LogP contribution in [0.4, 0.5) is 0 Å². The van der Waals surface area contributed by atoms with E-state index in [1.165, 1.54) is 9.75 Å². The van der Waals surface area contributed by atoms with Crippen LogP contribution in [0, 0.1) is 13.8 Å². The van der Waals surface area contributed by atoms with Gasteiger partial charge in [0.05, 0.1) is 6.10 Å². The summed E-state index contributed by atoms with van der Waals surface area (Å²) in [6, 6.07) is 2.06. The molecule has 0 radical (unpaired) electrons. The van der Waals surface area contributed by atoms with Gasteiger partial charge in [0.15, 0.2) is 0 Å². The van der Waals surface area contributed by atoms with Crippen LogP contribution in [0.1, 0.15) is 35.3 Å². The number of aliphatic hydroxyl groups excluding tert-OH is 1. The first-order valence-electron chi connectivity index (χ1n) is 4.40. The molecule has 1 N–H and O–H groups in total. The molecule has 1 unspecified atom stereocenters. The smallest absolute Gasteiger partial charge is 0.0984 e. The van der Waals surface area contributed by atoms with Gasteiger partial charge in [-0.05, 0) is 39.3 Å². The summed E-state index contributed by atoms with van der Waals surface area (Å²) >= 11 is 1.74. The highest BCUT2D eigenvalue weighted by Crippen LogP contribution is 2.27. The molecule has 0 aliphatic rings. The molecular formula is C11H16OS. The normalized spacial score (nSPS) is 12.7. The molecule has 0 aromatic carbocycles. The van der Waals surface area contributed by atoms with E-state index >= 15 is 0 Å². The first-order chi connectivity index (χ1) is 6.00. The molecule has 0 aliphatic heterocycles. The highest BCUT2D eigenvalue weighted by Gasteiger charge is 2.09. The summed E-state index contributed by atoms with van der Waals surface area (Å²) in [7, 11) is 0. The molecular weight excluding hydrogens is 180 g/mol. The van der Waals surface area contributed by atoms with Crippen molar-refractivity contribution in [1.82, 2.24) is 0 Å². The zero-order valence-electron chi connectivity index (χ0n) is 8.59. The Morgan fingerprint density at radius 3 is 2.46 bits per heavy atom. The molecule has 0 spiro atoms. The summed E-state index contributed by atoms with van der Waals surface area (Å²) in [4.78, 5) is 2.47. The highest BCUT2D eigenvalue weighted by atomic mass is 32.1. The second-order valence-electron chi connectivity index (χ2n) is 3.56. The molecule has 1 aromatic rings. The summed E-state index contributed by atoms with van der Waals surface area (Å²) in [5.41, 5.74) is 2.19. The van der Waals surface area contributed by atoms with Crippen LogP contribution in [0.2, 0.25) is 0 Å². The van der Waals surface area contributed by atoms with Crippen molar-refractivity contribution in [3.63, 3.8) is 0 Å². The monoisotopic (exact) mass is 196 g/mol. The van der Waals surface area contributed by atoms with Crippen molar-refractivity contribution in [2.24, 2.45) is 0 Å². The van der Waals surface area contributed by atoms with Crippen molar-refractivity contribution >= 4 is 11.3 Å². The summed E-state index contributed by atoms with van der Waals surface area (Å²) in [5.74, 6) is 0. The van der Waals surface area contributed by atoms with E-state index in [0.29, 0.717) is 0 Å². The summed E-state index contributed by atoms with van der Waals surface area (Å²) in [5, 5.41) is 9.82. The Morgan fingerprint density at radius 2 is 2.08 bits per heavy atom. The van der Waals surface area contributed by atoms with Crippen molar-refractivity contribution in [1.29, 1.82) is 0 Å². The van der Waals surface area contributed by atoms with Gasteiger partial charge in [0, 0.05) is 9.75 Å². The Morgan fingerprint density at radius 1 is 1.46 bits per heavy atom. The summed E-state index contributed by atoms with van der Waals surface area (Å²) in [6.07, 6.45) is 1.45. The van der Waals surface area contributed by atoms with Crippen LogP contribution in [-0.2, 0) is 0 Å². The molecule has 1 rings (SSSR count). The molecule has 1 atom stereocenters. The lowest BCUT2D eigenvalue weighted by atomic mass is 10.1. The number of rotatable bonds is 2.